The fraction of sp³-hybridized carbons (Fsp3) is 0.333. The molecule has 0 saturated heterocycles. The minimum absolute atomic E-state index is 0.0397. The van der Waals surface area contributed by atoms with E-state index in [2.05, 4.69) is 10.6 Å². The van der Waals surface area contributed by atoms with E-state index >= 15 is 0 Å². The van der Waals surface area contributed by atoms with E-state index in [1.54, 1.807) is 12.1 Å². The van der Waals surface area contributed by atoms with Crippen LogP contribution < -0.4 is 15.4 Å². The maximum Gasteiger partial charge on any atom is 0.251 e. The van der Waals surface area contributed by atoms with Crippen molar-refractivity contribution >= 4 is 11.8 Å². The highest BCUT2D eigenvalue weighted by molar-refractivity contribution is 5.94. The molecule has 0 unspecified atom stereocenters. The van der Waals surface area contributed by atoms with E-state index in [0.717, 1.165) is 11.3 Å². The Kier molecular flexibility index (Phi) is 7.68. The molecule has 5 heteroatoms. The van der Waals surface area contributed by atoms with Crippen molar-refractivity contribution in [3.05, 3.63) is 65.2 Å². The van der Waals surface area contributed by atoms with Gasteiger partial charge in [-0.3, -0.25) is 9.59 Å². The van der Waals surface area contributed by atoms with Crippen LogP contribution in [0.5, 0.6) is 5.75 Å². The van der Waals surface area contributed by atoms with Gasteiger partial charge in [0.2, 0.25) is 5.91 Å². The van der Waals surface area contributed by atoms with Crippen LogP contribution in [0.2, 0.25) is 0 Å². The summed E-state index contributed by atoms with van der Waals surface area (Å²) in [5.74, 6) is 0.641. The second kappa shape index (κ2) is 10.2. The molecule has 0 bridgehead atoms. The first-order chi connectivity index (χ1) is 12.5. The topological polar surface area (TPSA) is 67.4 Å². The summed E-state index contributed by atoms with van der Waals surface area (Å²) in [6.45, 7) is 5.31. The molecule has 0 aromatic heterocycles. The minimum Gasteiger partial charge on any atom is -0.494 e. The lowest BCUT2D eigenvalue weighted by Gasteiger charge is -2.08. The van der Waals surface area contributed by atoms with Gasteiger partial charge in [0.05, 0.1) is 6.61 Å². The summed E-state index contributed by atoms with van der Waals surface area (Å²) >= 11 is 0. The van der Waals surface area contributed by atoms with Gasteiger partial charge in [0.15, 0.2) is 0 Å². The summed E-state index contributed by atoms with van der Waals surface area (Å²) in [6, 6.07) is 15.2. The van der Waals surface area contributed by atoms with Gasteiger partial charge >= 0.3 is 0 Å². The van der Waals surface area contributed by atoms with Gasteiger partial charge in [-0.05, 0) is 44.5 Å². The van der Waals surface area contributed by atoms with Gasteiger partial charge in [-0.2, -0.15) is 0 Å². The molecule has 0 fully saturated rings. The molecule has 0 heterocycles. The number of amides is 2. The first-order valence-corrected chi connectivity index (χ1v) is 8.85. The second-order valence-corrected chi connectivity index (χ2v) is 6.24. The van der Waals surface area contributed by atoms with Crippen molar-refractivity contribution in [1.29, 1.82) is 0 Å². The van der Waals surface area contributed by atoms with Crippen LogP contribution in [0.25, 0.3) is 0 Å². The number of rotatable bonds is 9. The molecular weight excluding hydrogens is 328 g/mol. The predicted octanol–water partition coefficient (Wildman–Crippen LogP) is 3.01. The lowest BCUT2D eigenvalue weighted by molar-refractivity contribution is -0.121. The van der Waals surface area contributed by atoms with Gasteiger partial charge in [0.1, 0.15) is 5.75 Å². The molecule has 0 aliphatic carbocycles. The van der Waals surface area contributed by atoms with Crippen LogP contribution in [-0.4, -0.2) is 31.5 Å². The van der Waals surface area contributed by atoms with E-state index in [1.807, 2.05) is 50.2 Å². The number of hydrogen-bond acceptors (Lipinski definition) is 3. The lowest BCUT2D eigenvalue weighted by Crippen LogP contribution is -2.34. The first-order valence-electron chi connectivity index (χ1n) is 8.85. The Morgan fingerprint density at radius 1 is 0.846 bits per heavy atom. The number of nitrogens with one attached hydrogen (secondary N) is 2. The average molecular weight is 354 g/mol. The Labute approximate surface area is 154 Å². The highest BCUT2D eigenvalue weighted by Gasteiger charge is 2.05. The van der Waals surface area contributed by atoms with Gasteiger partial charge in [-0.15, -0.1) is 0 Å². The zero-order chi connectivity index (χ0) is 18.8. The number of carbonyl (C=O) groups is 2. The van der Waals surface area contributed by atoms with E-state index in [0.29, 0.717) is 38.1 Å². The fourth-order valence-electron chi connectivity index (χ4n) is 2.33. The standard InChI is InChI=1S/C21H26N2O3/c1-16-5-9-18(10-6-16)21(25)23-14-13-22-20(24)4-3-15-26-19-11-7-17(2)8-12-19/h5-12H,3-4,13-15H2,1-2H3,(H,22,24)(H,23,25). The second-order valence-electron chi connectivity index (χ2n) is 6.24. The fourth-order valence-corrected chi connectivity index (χ4v) is 2.33. The van der Waals surface area contributed by atoms with Crippen LogP contribution in [0.1, 0.15) is 34.3 Å². The molecule has 2 aromatic rings. The summed E-state index contributed by atoms with van der Waals surface area (Å²) in [5, 5.41) is 5.58. The molecule has 0 spiro atoms. The van der Waals surface area contributed by atoms with E-state index in [-0.39, 0.29) is 11.8 Å². The first kappa shape index (κ1) is 19.5. The van der Waals surface area contributed by atoms with Gasteiger partial charge in [0.25, 0.3) is 5.91 Å². The molecule has 138 valence electrons. The van der Waals surface area contributed by atoms with Crippen molar-refractivity contribution in [3.8, 4) is 5.75 Å². The van der Waals surface area contributed by atoms with Crippen LogP contribution >= 0.6 is 0 Å². The number of aryl methyl sites for hydroxylation is 2. The molecule has 0 atom stereocenters. The Balaban J connectivity index is 1.54. The molecule has 2 amide bonds. The SMILES string of the molecule is Cc1ccc(OCCCC(=O)NCCNC(=O)c2ccc(C)cc2)cc1. The van der Waals surface area contributed by atoms with Crippen LogP contribution in [0.15, 0.2) is 48.5 Å². The molecule has 2 rings (SSSR count). The van der Waals surface area contributed by atoms with Crippen molar-refractivity contribution in [3.63, 3.8) is 0 Å². The van der Waals surface area contributed by atoms with Crippen LogP contribution in [0.4, 0.5) is 0 Å². The molecule has 0 aliphatic heterocycles. The number of benzene rings is 2. The Bertz CT molecular complexity index is 709. The number of ether oxygens (including phenoxy) is 1. The van der Waals surface area contributed by atoms with Crippen molar-refractivity contribution < 1.29 is 14.3 Å². The monoisotopic (exact) mass is 354 g/mol. The summed E-state index contributed by atoms with van der Waals surface area (Å²) in [5.41, 5.74) is 2.92. The molecule has 0 radical (unpaired) electrons. The zero-order valence-electron chi connectivity index (χ0n) is 15.4. The van der Waals surface area contributed by atoms with Gasteiger partial charge in [-0.25, -0.2) is 0 Å². The number of carbonyl (C=O) groups excluding carboxylic acids is 2. The third-order valence-corrected chi connectivity index (χ3v) is 3.88. The van der Waals surface area contributed by atoms with Gasteiger partial charge in [0, 0.05) is 25.1 Å². The molecule has 0 saturated carbocycles. The molecule has 2 N–H and O–H groups in total. The largest absolute Gasteiger partial charge is 0.494 e. The van der Waals surface area contributed by atoms with E-state index in [4.69, 9.17) is 4.74 Å². The minimum atomic E-state index is -0.134. The highest BCUT2D eigenvalue weighted by Crippen LogP contribution is 2.11. The summed E-state index contributed by atoms with van der Waals surface area (Å²) in [6.07, 6.45) is 1.05. The highest BCUT2D eigenvalue weighted by atomic mass is 16.5. The van der Waals surface area contributed by atoms with Crippen molar-refractivity contribution in [2.24, 2.45) is 0 Å². The van der Waals surface area contributed by atoms with Crippen LogP contribution in [-0.2, 0) is 4.79 Å². The van der Waals surface area contributed by atoms with Crippen LogP contribution in [0.3, 0.4) is 0 Å². The Morgan fingerprint density at radius 2 is 1.42 bits per heavy atom. The van der Waals surface area contributed by atoms with E-state index in [9.17, 15) is 9.59 Å². The Hall–Kier alpha value is -2.82. The van der Waals surface area contributed by atoms with E-state index in [1.165, 1.54) is 5.56 Å². The molecule has 26 heavy (non-hydrogen) atoms. The van der Waals surface area contributed by atoms with Gasteiger partial charge < -0.3 is 15.4 Å². The smallest absolute Gasteiger partial charge is 0.251 e. The third kappa shape index (κ3) is 6.97. The number of hydrogen-bond donors (Lipinski definition) is 2. The summed E-state index contributed by atoms with van der Waals surface area (Å²) < 4.78 is 5.59. The van der Waals surface area contributed by atoms with E-state index < -0.39 is 0 Å². The molecule has 2 aromatic carbocycles. The summed E-state index contributed by atoms with van der Waals surface area (Å²) in [7, 11) is 0. The van der Waals surface area contributed by atoms with Crippen molar-refractivity contribution in [2.75, 3.05) is 19.7 Å². The lowest BCUT2D eigenvalue weighted by atomic mass is 10.1. The van der Waals surface area contributed by atoms with Crippen molar-refractivity contribution in [1.82, 2.24) is 10.6 Å². The summed E-state index contributed by atoms with van der Waals surface area (Å²) in [4.78, 5) is 23.7. The average Bonchev–Trinajstić information content (AvgIpc) is 2.64. The maximum atomic E-state index is 11.9. The van der Waals surface area contributed by atoms with Gasteiger partial charge in [-0.1, -0.05) is 35.4 Å². The predicted molar refractivity (Wildman–Crippen MR) is 102 cm³/mol. The molecule has 0 aliphatic rings. The third-order valence-electron chi connectivity index (χ3n) is 3.88. The van der Waals surface area contributed by atoms with Crippen LogP contribution in [0, 0.1) is 13.8 Å². The quantitative estimate of drug-likeness (QED) is 0.680. The zero-order valence-corrected chi connectivity index (χ0v) is 15.4. The molecule has 5 nitrogen and oxygen atoms in total. The maximum absolute atomic E-state index is 11.9. The molecular formula is C21H26N2O3. The Morgan fingerprint density at radius 3 is 2.08 bits per heavy atom. The van der Waals surface area contributed by atoms with Crippen molar-refractivity contribution in [2.45, 2.75) is 26.7 Å². The normalized spacial score (nSPS) is 10.2.